The summed E-state index contributed by atoms with van der Waals surface area (Å²) in [4.78, 5) is 16.7. The number of aromatic nitrogens is 2. The standard InChI is InChI=1S/C18H17ClFN3O3/c1-9-14(17-22-13(8-19)23-26-17)16(11-5-4-6-12(20)7-11)15(10(2)21-9)18(24)25-3/h4-7,16,21H,8H2,1-3H3. The molecule has 0 amide bonds. The summed E-state index contributed by atoms with van der Waals surface area (Å²) in [5.74, 6) is -0.923. The normalized spacial score (nSPS) is 17.3. The summed E-state index contributed by atoms with van der Waals surface area (Å²) < 4.78 is 24.2. The van der Waals surface area contributed by atoms with Crippen molar-refractivity contribution in [3.8, 4) is 0 Å². The van der Waals surface area contributed by atoms with Gasteiger partial charge in [-0.15, -0.1) is 11.6 Å². The summed E-state index contributed by atoms with van der Waals surface area (Å²) in [6.45, 7) is 3.58. The average molecular weight is 378 g/mol. The molecule has 0 fully saturated rings. The third kappa shape index (κ3) is 3.22. The minimum absolute atomic E-state index is 0.0899. The molecule has 26 heavy (non-hydrogen) atoms. The molecule has 1 unspecified atom stereocenters. The van der Waals surface area contributed by atoms with Gasteiger partial charge in [0.2, 0.25) is 0 Å². The fourth-order valence-electron chi connectivity index (χ4n) is 3.10. The highest BCUT2D eigenvalue weighted by molar-refractivity contribution is 6.16. The second-order valence-corrected chi connectivity index (χ2v) is 6.10. The number of rotatable bonds is 4. The van der Waals surface area contributed by atoms with Crippen LogP contribution in [0.25, 0.3) is 5.57 Å². The van der Waals surface area contributed by atoms with E-state index in [0.717, 1.165) is 0 Å². The number of hydrogen-bond acceptors (Lipinski definition) is 6. The monoisotopic (exact) mass is 377 g/mol. The maximum Gasteiger partial charge on any atom is 0.336 e. The molecule has 2 heterocycles. The lowest BCUT2D eigenvalue weighted by Gasteiger charge is -2.29. The van der Waals surface area contributed by atoms with E-state index in [2.05, 4.69) is 15.5 Å². The maximum atomic E-state index is 13.9. The molecule has 6 nitrogen and oxygen atoms in total. The molecule has 3 rings (SSSR count). The van der Waals surface area contributed by atoms with Crippen molar-refractivity contribution in [1.82, 2.24) is 15.5 Å². The molecule has 1 aromatic heterocycles. The number of nitrogens with zero attached hydrogens (tertiary/aromatic N) is 2. The molecule has 2 aromatic rings. The Bertz CT molecular complexity index is 920. The Hall–Kier alpha value is -2.67. The van der Waals surface area contributed by atoms with Crippen LogP contribution in [0.1, 0.15) is 37.0 Å². The minimum atomic E-state index is -0.622. The van der Waals surface area contributed by atoms with Gasteiger partial charge < -0.3 is 14.6 Å². The van der Waals surface area contributed by atoms with Crippen molar-refractivity contribution in [2.75, 3.05) is 7.11 Å². The van der Waals surface area contributed by atoms with Crippen LogP contribution in [0.4, 0.5) is 4.39 Å². The molecule has 8 heteroatoms. The number of methoxy groups -OCH3 is 1. The van der Waals surface area contributed by atoms with Gasteiger partial charge in [-0.05, 0) is 31.5 Å². The second kappa shape index (κ2) is 7.29. The lowest BCUT2D eigenvalue weighted by molar-refractivity contribution is -0.136. The molecule has 0 saturated carbocycles. The van der Waals surface area contributed by atoms with Gasteiger partial charge in [-0.3, -0.25) is 0 Å². The molecule has 1 aromatic carbocycles. The quantitative estimate of drug-likeness (QED) is 0.649. The average Bonchev–Trinajstić information content (AvgIpc) is 3.09. The molecule has 1 N–H and O–H groups in total. The van der Waals surface area contributed by atoms with Gasteiger partial charge in [-0.25, -0.2) is 9.18 Å². The van der Waals surface area contributed by atoms with Crippen molar-refractivity contribution in [3.05, 3.63) is 64.3 Å². The van der Waals surface area contributed by atoms with E-state index in [0.29, 0.717) is 33.9 Å². The number of carbonyl (C=O) groups excluding carboxylic acids is 1. The highest BCUT2D eigenvalue weighted by Gasteiger charge is 2.37. The Morgan fingerprint density at radius 1 is 1.38 bits per heavy atom. The number of esters is 1. The zero-order chi connectivity index (χ0) is 18.8. The third-order valence-electron chi connectivity index (χ3n) is 4.17. The first-order valence-corrected chi connectivity index (χ1v) is 8.41. The molecule has 1 atom stereocenters. The first kappa shape index (κ1) is 18.1. The minimum Gasteiger partial charge on any atom is -0.466 e. The molecule has 136 valence electrons. The molecule has 0 radical (unpaired) electrons. The number of alkyl halides is 1. The van der Waals surface area contributed by atoms with E-state index in [1.54, 1.807) is 19.1 Å². The number of ether oxygens (including phenoxy) is 1. The lowest BCUT2D eigenvalue weighted by atomic mass is 9.80. The first-order chi connectivity index (χ1) is 12.5. The summed E-state index contributed by atoms with van der Waals surface area (Å²) in [6, 6.07) is 6.04. The highest BCUT2D eigenvalue weighted by atomic mass is 35.5. The number of carbonyl (C=O) groups is 1. The number of benzene rings is 1. The lowest BCUT2D eigenvalue weighted by Crippen LogP contribution is -2.28. The Balaban J connectivity index is 2.22. The summed E-state index contributed by atoms with van der Waals surface area (Å²) in [6.07, 6.45) is 0. The zero-order valence-corrected chi connectivity index (χ0v) is 15.2. The van der Waals surface area contributed by atoms with Gasteiger partial charge in [-0.2, -0.15) is 4.98 Å². The van der Waals surface area contributed by atoms with Crippen molar-refractivity contribution in [2.24, 2.45) is 0 Å². The molecule has 1 aliphatic rings. The van der Waals surface area contributed by atoms with Gasteiger partial charge in [0, 0.05) is 17.0 Å². The van der Waals surface area contributed by atoms with Gasteiger partial charge in [0.15, 0.2) is 5.82 Å². The Labute approximate surface area is 154 Å². The molecule has 0 bridgehead atoms. The number of allylic oxidation sites excluding steroid dienone is 3. The van der Waals surface area contributed by atoms with E-state index < -0.39 is 17.7 Å². The zero-order valence-electron chi connectivity index (χ0n) is 14.5. The van der Waals surface area contributed by atoms with E-state index in [9.17, 15) is 9.18 Å². The van der Waals surface area contributed by atoms with Crippen LogP contribution in [0.2, 0.25) is 0 Å². The second-order valence-electron chi connectivity index (χ2n) is 5.83. The predicted octanol–water partition coefficient (Wildman–Crippen LogP) is 3.51. The van der Waals surface area contributed by atoms with Gasteiger partial charge in [0.25, 0.3) is 5.89 Å². The summed E-state index contributed by atoms with van der Waals surface area (Å²) in [7, 11) is 1.30. The predicted molar refractivity (Wildman–Crippen MR) is 93.4 cm³/mol. The Kier molecular flexibility index (Phi) is 5.08. The highest BCUT2D eigenvalue weighted by Crippen LogP contribution is 2.43. The molecule has 0 saturated heterocycles. The topological polar surface area (TPSA) is 77.2 Å². The number of hydrogen-bond donors (Lipinski definition) is 1. The smallest absolute Gasteiger partial charge is 0.336 e. The molecular weight excluding hydrogens is 361 g/mol. The molecular formula is C18H17ClFN3O3. The van der Waals surface area contributed by atoms with Gasteiger partial charge in [0.1, 0.15) is 5.82 Å². The van der Waals surface area contributed by atoms with Crippen LogP contribution in [0.15, 0.2) is 45.8 Å². The van der Waals surface area contributed by atoms with E-state index in [1.165, 1.54) is 19.2 Å². The van der Waals surface area contributed by atoms with Crippen molar-refractivity contribution >= 4 is 23.1 Å². The Morgan fingerprint density at radius 3 is 2.77 bits per heavy atom. The van der Waals surface area contributed by atoms with Crippen molar-refractivity contribution in [2.45, 2.75) is 25.6 Å². The fraction of sp³-hybridized carbons (Fsp3) is 0.278. The summed E-state index contributed by atoms with van der Waals surface area (Å²) in [5, 5.41) is 6.95. The van der Waals surface area contributed by atoms with E-state index in [-0.39, 0.29) is 11.8 Å². The molecule has 0 spiro atoms. The maximum absolute atomic E-state index is 13.9. The first-order valence-electron chi connectivity index (χ1n) is 7.87. The van der Waals surface area contributed by atoms with Gasteiger partial charge in [0.05, 0.1) is 24.5 Å². The van der Waals surface area contributed by atoms with Crippen LogP contribution >= 0.6 is 11.6 Å². The van der Waals surface area contributed by atoms with Crippen molar-refractivity contribution in [1.29, 1.82) is 0 Å². The SMILES string of the molecule is COC(=O)C1=C(C)NC(C)=C(c2nc(CCl)no2)C1c1cccc(F)c1. The number of dihydropyridines is 1. The molecule has 0 aliphatic carbocycles. The van der Waals surface area contributed by atoms with E-state index in [4.69, 9.17) is 20.9 Å². The van der Waals surface area contributed by atoms with Crippen LogP contribution in [0.3, 0.4) is 0 Å². The van der Waals surface area contributed by atoms with Crippen LogP contribution in [-0.4, -0.2) is 23.2 Å². The Morgan fingerprint density at radius 2 is 2.15 bits per heavy atom. The fourth-order valence-corrected chi connectivity index (χ4v) is 3.20. The molecule has 1 aliphatic heterocycles. The van der Waals surface area contributed by atoms with Crippen LogP contribution in [0.5, 0.6) is 0 Å². The van der Waals surface area contributed by atoms with E-state index >= 15 is 0 Å². The van der Waals surface area contributed by atoms with Gasteiger partial charge in [-0.1, -0.05) is 17.3 Å². The summed E-state index contributed by atoms with van der Waals surface area (Å²) >= 11 is 5.76. The van der Waals surface area contributed by atoms with Crippen LogP contribution in [-0.2, 0) is 15.4 Å². The van der Waals surface area contributed by atoms with Crippen molar-refractivity contribution < 1.29 is 18.4 Å². The van der Waals surface area contributed by atoms with Gasteiger partial charge >= 0.3 is 5.97 Å². The largest absolute Gasteiger partial charge is 0.466 e. The number of halogens is 2. The van der Waals surface area contributed by atoms with Crippen molar-refractivity contribution in [3.63, 3.8) is 0 Å². The third-order valence-corrected chi connectivity index (χ3v) is 4.40. The van der Waals surface area contributed by atoms with Crippen LogP contribution < -0.4 is 5.32 Å². The van der Waals surface area contributed by atoms with E-state index in [1.807, 2.05) is 6.92 Å². The number of nitrogens with one attached hydrogen (secondary N) is 1. The van der Waals surface area contributed by atoms with Crippen LogP contribution in [0, 0.1) is 5.82 Å². The summed E-state index contributed by atoms with van der Waals surface area (Å²) in [5.41, 5.74) is 2.83.